The van der Waals surface area contributed by atoms with Gasteiger partial charge in [-0.3, -0.25) is 0 Å². The third-order valence-electron chi connectivity index (χ3n) is 4.99. The minimum absolute atomic E-state index is 0.0177. The van der Waals surface area contributed by atoms with Gasteiger partial charge in [0.1, 0.15) is 5.75 Å². The summed E-state index contributed by atoms with van der Waals surface area (Å²) in [6.07, 6.45) is 2.41. The molecule has 0 spiro atoms. The fourth-order valence-corrected chi connectivity index (χ4v) is 8.18. The van der Waals surface area contributed by atoms with Crippen LogP contribution in [0.2, 0.25) is 6.04 Å². The van der Waals surface area contributed by atoms with Crippen molar-refractivity contribution >= 4 is 18.7 Å². The van der Waals surface area contributed by atoms with E-state index in [0.717, 1.165) is 6.42 Å². The average molecular weight is 377 g/mol. The molecule has 0 bridgehead atoms. The topological polar surface area (TPSA) is 29.5 Å². The Morgan fingerprint density at radius 1 is 0.741 bits per heavy atom. The normalized spacial score (nSPS) is 17.4. The van der Waals surface area contributed by atoms with Crippen molar-refractivity contribution in [3.63, 3.8) is 0 Å². The van der Waals surface area contributed by atoms with E-state index in [4.69, 9.17) is 9.53 Å². The molecule has 0 aromatic heterocycles. The highest BCUT2D eigenvalue weighted by molar-refractivity contribution is 6.97. The van der Waals surface area contributed by atoms with Gasteiger partial charge >= 0.3 is 0 Å². The third kappa shape index (κ3) is 4.88. The molecule has 0 radical (unpaired) electrons. The van der Waals surface area contributed by atoms with Gasteiger partial charge in [0, 0.05) is 0 Å². The summed E-state index contributed by atoms with van der Waals surface area (Å²) in [5, 5.41) is 11.4. The van der Waals surface area contributed by atoms with Crippen molar-refractivity contribution in [1.29, 1.82) is 0 Å². The summed E-state index contributed by atoms with van der Waals surface area (Å²) < 4.78 is 6.77. The van der Waals surface area contributed by atoms with Gasteiger partial charge in [0.15, 0.2) is 0 Å². The van der Waals surface area contributed by atoms with Crippen molar-refractivity contribution in [3.05, 3.63) is 91.0 Å². The molecule has 1 saturated heterocycles. The summed E-state index contributed by atoms with van der Waals surface area (Å²) in [5.41, 5.74) is -0.0177. The van der Waals surface area contributed by atoms with Crippen LogP contribution in [0.3, 0.4) is 0 Å². The predicted octanol–water partition coefficient (Wildman–Crippen LogP) is 4.73. The fourth-order valence-electron chi connectivity index (χ4n) is 3.75. The van der Waals surface area contributed by atoms with Crippen molar-refractivity contribution in [2.75, 3.05) is 0 Å². The molecule has 0 unspecified atom stereocenters. The minimum Gasteiger partial charge on any atom is -0.508 e. The van der Waals surface area contributed by atoms with Gasteiger partial charge < -0.3 is 9.53 Å². The van der Waals surface area contributed by atoms with Crippen LogP contribution >= 0.6 is 0 Å². The van der Waals surface area contributed by atoms with E-state index in [1.54, 1.807) is 24.3 Å². The van der Waals surface area contributed by atoms with Gasteiger partial charge in [-0.1, -0.05) is 85.3 Å². The Bertz CT molecular complexity index is 777. The number of hydrogen-bond donors (Lipinski definition) is 1. The predicted molar refractivity (Wildman–Crippen MR) is 115 cm³/mol. The standard InChI is InChI=1S/C18H22OSi.C6H6O/c1-18(2)14-9-15-20(19-18,16-10-5-3-6-11-16)17-12-7-4-8-13-17;7-6-4-2-1-3-5-6/h3-8,10-13H,9,14-15H2,1-2H3;1-5,7H. The van der Waals surface area contributed by atoms with Gasteiger partial charge in [-0.15, -0.1) is 0 Å². The molecule has 3 aromatic rings. The van der Waals surface area contributed by atoms with Gasteiger partial charge in [-0.2, -0.15) is 0 Å². The molecule has 2 nitrogen and oxygen atoms in total. The van der Waals surface area contributed by atoms with Gasteiger partial charge in [0.25, 0.3) is 8.32 Å². The Kier molecular flexibility index (Phi) is 6.14. The zero-order valence-corrected chi connectivity index (χ0v) is 17.1. The Balaban J connectivity index is 0.000000253. The Morgan fingerprint density at radius 3 is 1.56 bits per heavy atom. The summed E-state index contributed by atoms with van der Waals surface area (Å²) >= 11 is 0. The van der Waals surface area contributed by atoms with E-state index in [2.05, 4.69) is 74.5 Å². The minimum atomic E-state index is -2.07. The van der Waals surface area contributed by atoms with Crippen LogP contribution in [0.4, 0.5) is 0 Å². The average Bonchev–Trinajstić information content (AvgIpc) is 2.70. The maximum absolute atomic E-state index is 8.63. The zero-order valence-electron chi connectivity index (χ0n) is 16.1. The Morgan fingerprint density at radius 2 is 1.19 bits per heavy atom. The van der Waals surface area contributed by atoms with Crippen LogP contribution in [0.15, 0.2) is 91.0 Å². The molecule has 1 heterocycles. The van der Waals surface area contributed by atoms with E-state index in [0.29, 0.717) is 5.75 Å². The van der Waals surface area contributed by atoms with E-state index in [1.807, 2.05) is 6.07 Å². The van der Waals surface area contributed by atoms with E-state index in [9.17, 15) is 0 Å². The third-order valence-corrected chi connectivity index (χ3v) is 9.49. The van der Waals surface area contributed by atoms with E-state index < -0.39 is 8.32 Å². The molecular formula is C24H28O2Si. The van der Waals surface area contributed by atoms with Gasteiger partial charge in [0.2, 0.25) is 0 Å². The van der Waals surface area contributed by atoms with Crippen LogP contribution in [-0.2, 0) is 4.43 Å². The van der Waals surface area contributed by atoms with Crippen molar-refractivity contribution in [3.8, 4) is 5.75 Å². The highest BCUT2D eigenvalue weighted by Gasteiger charge is 2.46. The summed E-state index contributed by atoms with van der Waals surface area (Å²) in [4.78, 5) is 0. The lowest BCUT2D eigenvalue weighted by Crippen LogP contribution is -2.65. The summed E-state index contributed by atoms with van der Waals surface area (Å²) in [6, 6.07) is 31.6. The SMILES string of the molecule is CC1(C)CCC[Si](c2ccccc2)(c2ccccc2)O1.Oc1ccccc1. The largest absolute Gasteiger partial charge is 0.508 e. The molecule has 1 fully saturated rings. The van der Waals surface area contributed by atoms with Gasteiger partial charge in [-0.05, 0) is 48.8 Å². The van der Waals surface area contributed by atoms with Crippen LogP contribution in [0.5, 0.6) is 5.75 Å². The number of hydrogen-bond acceptors (Lipinski definition) is 2. The molecule has 0 atom stereocenters. The molecule has 4 rings (SSSR count). The van der Waals surface area contributed by atoms with Crippen molar-refractivity contribution in [2.45, 2.75) is 38.3 Å². The first-order valence-corrected chi connectivity index (χ1v) is 11.7. The number of benzene rings is 3. The van der Waals surface area contributed by atoms with Crippen molar-refractivity contribution in [2.24, 2.45) is 0 Å². The fraction of sp³-hybridized carbons (Fsp3) is 0.250. The molecule has 0 saturated carbocycles. The summed E-state index contributed by atoms with van der Waals surface area (Å²) in [5.74, 6) is 0.322. The molecule has 0 aliphatic carbocycles. The van der Waals surface area contributed by atoms with Crippen LogP contribution in [0.1, 0.15) is 26.7 Å². The number of rotatable bonds is 2. The van der Waals surface area contributed by atoms with Crippen molar-refractivity contribution in [1.82, 2.24) is 0 Å². The lowest BCUT2D eigenvalue weighted by molar-refractivity contribution is 0.0774. The first kappa shape index (κ1) is 19.4. The Hall–Kier alpha value is -2.36. The zero-order chi connectivity index (χ0) is 19.2. The van der Waals surface area contributed by atoms with Crippen LogP contribution < -0.4 is 10.4 Å². The monoisotopic (exact) mass is 376 g/mol. The lowest BCUT2D eigenvalue weighted by Gasteiger charge is -2.44. The van der Waals surface area contributed by atoms with Crippen LogP contribution in [0, 0.1) is 0 Å². The summed E-state index contributed by atoms with van der Waals surface area (Å²) in [7, 11) is -2.07. The molecule has 3 heteroatoms. The number of phenols is 1. The second kappa shape index (κ2) is 8.55. The lowest BCUT2D eigenvalue weighted by atomic mass is 10.0. The Labute approximate surface area is 163 Å². The molecule has 1 aliphatic rings. The van der Waals surface area contributed by atoms with Crippen LogP contribution in [-0.4, -0.2) is 19.0 Å². The maximum atomic E-state index is 8.63. The number of phenolic OH excluding ortho intramolecular Hbond substituents is 1. The van der Waals surface area contributed by atoms with E-state index in [1.165, 1.54) is 22.8 Å². The highest BCUT2D eigenvalue weighted by atomic mass is 28.4. The molecule has 1 N–H and O–H groups in total. The highest BCUT2D eigenvalue weighted by Crippen LogP contribution is 2.32. The van der Waals surface area contributed by atoms with Gasteiger partial charge in [0.05, 0.1) is 5.60 Å². The quantitative estimate of drug-likeness (QED) is 0.655. The smallest absolute Gasteiger partial charge is 0.256 e. The maximum Gasteiger partial charge on any atom is 0.256 e. The number of para-hydroxylation sites is 1. The van der Waals surface area contributed by atoms with E-state index >= 15 is 0 Å². The van der Waals surface area contributed by atoms with Gasteiger partial charge in [-0.25, -0.2) is 0 Å². The molecule has 0 amide bonds. The first-order chi connectivity index (χ1) is 13.0. The molecular weight excluding hydrogens is 348 g/mol. The summed E-state index contributed by atoms with van der Waals surface area (Å²) in [6.45, 7) is 4.47. The van der Waals surface area contributed by atoms with E-state index in [-0.39, 0.29) is 5.60 Å². The second-order valence-corrected chi connectivity index (χ2v) is 11.1. The molecule has 3 aromatic carbocycles. The number of aromatic hydroxyl groups is 1. The molecule has 1 aliphatic heterocycles. The molecule has 27 heavy (non-hydrogen) atoms. The molecule has 140 valence electrons. The first-order valence-electron chi connectivity index (χ1n) is 9.57. The van der Waals surface area contributed by atoms with Crippen molar-refractivity contribution < 1.29 is 9.53 Å². The van der Waals surface area contributed by atoms with Crippen LogP contribution in [0.25, 0.3) is 0 Å². The second-order valence-electron chi connectivity index (χ2n) is 7.61.